The van der Waals surface area contributed by atoms with Gasteiger partial charge in [0.25, 0.3) is 0 Å². The third-order valence-electron chi connectivity index (χ3n) is 10.6. The molecular weight excluding hydrogens is 734 g/mol. The van der Waals surface area contributed by atoms with Crippen LogP contribution in [0, 0.1) is 11.8 Å². The third-order valence-corrected chi connectivity index (χ3v) is 10.6. The lowest BCUT2D eigenvalue weighted by Crippen LogP contribution is -2.66. The predicted molar refractivity (Wildman–Crippen MR) is 201 cm³/mol. The van der Waals surface area contributed by atoms with E-state index in [9.17, 15) is 34.5 Å². The molecule has 3 aliphatic heterocycles. The molecule has 0 bridgehead atoms. The van der Waals surface area contributed by atoms with Crippen molar-refractivity contribution in [1.82, 2.24) is 4.90 Å². The van der Waals surface area contributed by atoms with Crippen LogP contribution in [0.1, 0.15) is 87.0 Å². The number of rotatable bonds is 11. The van der Waals surface area contributed by atoms with Gasteiger partial charge in [0.2, 0.25) is 0 Å². The molecule has 0 aromatic carbocycles. The first-order valence-electron chi connectivity index (χ1n) is 19.6. The van der Waals surface area contributed by atoms with Gasteiger partial charge in [-0.1, -0.05) is 38.2 Å². The summed E-state index contributed by atoms with van der Waals surface area (Å²) >= 11 is 0. The molecule has 320 valence electrons. The molecule has 16 nitrogen and oxygen atoms in total. The number of hydrogen-bond acceptors (Lipinski definition) is 16. The van der Waals surface area contributed by atoms with Crippen LogP contribution in [0.3, 0.4) is 0 Å². The average molecular weight is 800 g/mol. The predicted octanol–water partition coefficient (Wildman–Crippen LogP) is 2.38. The van der Waals surface area contributed by atoms with Gasteiger partial charge in [-0.25, -0.2) is 0 Å². The molecule has 56 heavy (non-hydrogen) atoms. The number of hydrogen-bond donors (Lipinski definition) is 3. The van der Waals surface area contributed by atoms with Crippen molar-refractivity contribution in [3.63, 3.8) is 0 Å². The van der Waals surface area contributed by atoms with E-state index >= 15 is 0 Å². The van der Waals surface area contributed by atoms with Crippen molar-refractivity contribution in [3.8, 4) is 0 Å². The Bertz CT molecular complexity index is 1340. The molecule has 3 heterocycles. The monoisotopic (exact) mass is 799 g/mol. The Labute approximate surface area is 330 Å². The Balaban J connectivity index is 2.02. The van der Waals surface area contributed by atoms with Crippen molar-refractivity contribution in [3.05, 3.63) is 24.3 Å². The first-order valence-corrected chi connectivity index (χ1v) is 19.6. The number of methoxy groups -OCH3 is 1. The van der Waals surface area contributed by atoms with Crippen LogP contribution in [-0.2, 0) is 57.1 Å². The number of aliphatic hydroxyl groups excluding tert-OH is 2. The number of carbonyl (C=O) groups is 4. The van der Waals surface area contributed by atoms with Crippen molar-refractivity contribution < 1.29 is 72.4 Å². The summed E-state index contributed by atoms with van der Waals surface area (Å²) in [6, 6.07) is -0.778. The number of cyclic esters (lactones) is 1. The molecule has 3 N–H and O–H groups in total. The molecular formula is C40H65NO15. The summed E-state index contributed by atoms with van der Waals surface area (Å²) in [7, 11) is 4.85. The minimum absolute atomic E-state index is 0.000768. The molecule has 0 aromatic heterocycles. The number of aliphatic hydroxyl groups is 3. The van der Waals surface area contributed by atoms with Crippen LogP contribution in [0.5, 0.6) is 0 Å². The standard InChI is InChI=1S/C40H65NO15/c1-11-30(45)54-29-20-31(46)50-23(3)15-13-12-14-16-28(44)22(2)19-27(17-18-42)36(37(29)49-10)56-39-34(47)33(41(8)9)35(24(4)52-39)55-32-21-40(7,48)38(25(5)51-32)53-26(6)43/h12-14,16,18,22-25,27-29,32-39,44,47-48H,11,15,17,19-21H2,1-10H3/b13-12+,16-14+/t22-,23-,24+,25+,27+,28+,29-,32-,33-,34+,35-,36+,37+,38+,39+,40-/m1/s1. The SMILES string of the molecule is CCC(=O)O[C@@H]1CC(=O)O[C@H](C)C/C=C/C=C/[C@H](O)[C@H](C)C[C@H](CC=O)[C@H](O[C@@H]2O[C@@H](C)[C@@H](O[C@@H]3C[C@@](C)(O)[C@@H](OC(C)=O)[C@H](C)O3)[C@H](N(C)C)[C@@H]2O)[C@H]1OC. The summed E-state index contributed by atoms with van der Waals surface area (Å²) in [5.74, 6) is -2.91. The summed E-state index contributed by atoms with van der Waals surface area (Å²) in [4.78, 5) is 51.8. The van der Waals surface area contributed by atoms with E-state index in [1.807, 2.05) is 13.0 Å². The van der Waals surface area contributed by atoms with Crippen molar-refractivity contribution in [1.29, 1.82) is 0 Å². The molecule has 3 rings (SSSR count). The highest BCUT2D eigenvalue weighted by atomic mass is 16.7. The van der Waals surface area contributed by atoms with Gasteiger partial charge in [0, 0.05) is 39.7 Å². The van der Waals surface area contributed by atoms with Crippen molar-refractivity contribution >= 4 is 24.2 Å². The van der Waals surface area contributed by atoms with Gasteiger partial charge < -0.3 is 62.9 Å². The van der Waals surface area contributed by atoms with Crippen molar-refractivity contribution in [2.45, 2.75) is 172 Å². The number of esters is 3. The Morgan fingerprint density at radius 3 is 2.30 bits per heavy atom. The lowest BCUT2D eigenvalue weighted by Gasteiger charge is -2.50. The van der Waals surface area contributed by atoms with Gasteiger partial charge in [0.15, 0.2) is 18.7 Å². The molecule has 0 saturated carbocycles. The number of ether oxygens (including phenoxy) is 8. The smallest absolute Gasteiger partial charge is 0.309 e. The Kier molecular flexibility index (Phi) is 18.5. The number of allylic oxidation sites excluding steroid dienone is 2. The average Bonchev–Trinajstić information content (AvgIpc) is 3.10. The van der Waals surface area contributed by atoms with E-state index in [4.69, 9.17) is 37.9 Å². The second kappa shape index (κ2) is 21.8. The van der Waals surface area contributed by atoms with Crippen LogP contribution in [0.25, 0.3) is 0 Å². The summed E-state index contributed by atoms with van der Waals surface area (Å²) < 4.78 is 48.3. The van der Waals surface area contributed by atoms with E-state index in [2.05, 4.69) is 0 Å². The van der Waals surface area contributed by atoms with Crippen LogP contribution in [0.4, 0.5) is 0 Å². The number of aldehydes is 1. The van der Waals surface area contributed by atoms with Crippen LogP contribution >= 0.6 is 0 Å². The molecule has 2 saturated heterocycles. The summed E-state index contributed by atoms with van der Waals surface area (Å²) in [6.45, 7) is 11.3. The minimum Gasteiger partial charge on any atom is -0.462 e. The number of likely N-dealkylation sites (N-methyl/N-ethyl adjacent to an activating group) is 1. The lowest BCUT2D eigenvalue weighted by atomic mass is 9.82. The second-order valence-electron chi connectivity index (χ2n) is 15.7. The Morgan fingerprint density at radius 2 is 1.71 bits per heavy atom. The molecule has 0 unspecified atom stereocenters. The zero-order valence-electron chi connectivity index (χ0n) is 34.5. The van der Waals surface area contributed by atoms with Crippen LogP contribution in [0.15, 0.2) is 24.3 Å². The zero-order valence-corrected chi connectivity index (χ0v) is 34.5. The molecule has 0 spiro atoms. The molecule has 0 radical (unpaired) electrons. The quantitative estimate of drug-likeness (QED) is 0.156. The largest absolute Gasteiger partial charge is 0.462 e. The van der Waals surface area contributed by atoms with Gasteiger partial charge in [-0.05, 0) is 60.0 Å². The normalized spacial score (nSPS) is 41.6. The second-order valence-corrected chi connectivity index (χ2v) is 15.7. The number of nitrogens with zero attached hydrogens (tertiary/aromatic N) is 1. The highest BCUT2D eigenvalue weighted by molar-refractivity contribution is 5.72. The van der Waals surface area contributed by atoms with Crippen molar-refractivity contribution in [2.75, 3.05) is 21.2 Å². The Hall–Kier alpha value is -2.80. The molecule has 0 aromatic rings. The van der Waals surface area contributed by atoms with E-state index < -0.39 is 121 Å². The Morgan fingerprint density at radius 1 is 1.02 bits per heavy atom. The van der Waals surface area contributed by atoms with E-state index in [0.29, 0.717) is 12.7 Å². The van der Waals surface area contributed by atoms with Gasteiger partial charge in [0.05, 0.1) is 36.9 Å². The summed E-state index contributed by atoms with van der Waals surface area (Å²) in [5, 5.41) is 34.3. The molecule has 2 fully saturated rings. The van der Waals surface area contributed by atoms with Crippen molar-refractivity contribution in [2.24, 2.45) is 11.8 Å². The first kappa shape index (κ1) is 47.6. The fraction of sp³-hybridized carbons (Fsp3) is 0.800. The number of carbonyl (C=O) groups excluding carboxylic acids is 4. The molecule has 16 atom stereocenters. The van der Waals surface area contributed by atoms with Gasteiger partial charge >= 0.3 is 17.9 Å². The molecule has 16 heteroatoms. The highest BCUT2D eigenvalue weighted by Gasteiger charge is 2.53. The maximum absolute atomic E-state index is 13.3. The van der Waals surface area contributed by atoms with Gasteiger partial charge in [-0.2, -0.15) is 0 Å². The van der Waals surface area contributed by atoms with Crippen LogP contribution in [-0.4, -0.2) is 151 Å². The van der Waals surface area contributed by atoms with E-state index in [0.717, 1.165) is 0 Å². The first-order chi connectivity index (χ1) is 26.3. The van der Waals surface area contributed by atoms with E-state index in [1.165, 1.54) is 21.0 Å². The highest BCUT2D eigenvalue weighted by Crippen LogP contribution is 2.37. The molecule has 3 aliphatic rings. The molecule has 0 aliphatic carbocycles. The maximum atomic E-state index is 13.3. The van der Waals surface area contributed by atoms with Gasteiger partial charge in [0.1, 0.15) is 42.4 Å². The minimum atomic E-state index is -1.49. The van der Waals surface area contributed by atoms with Crippen LogP contribution < -0.4 is 0 Å². The zero-order chi connectivity index (χ0) is 41.9. The van der Waals surface area contributed by atoms with Crippen LogP contribution in [0.2, 0.25) is 0 Å². The van der Waals surface area contributed by atoms with Gasteiger partial charge in [-0.15, -0.1) is 0 Å². The maximum Gasteiger partial charge on any atom is 0.309 e. The fourth-order valence-electron chi connectivity index (χ4n) is 7.77. The van der Waals surface area contributed by atoms with E-state index in [1.54, 1.807) is 64.9 Å². The van der Waals surface area contributed by atoms with Gasteiger partial charge in [-0.3, -0.25) is 14.4 Å². The third kappa shape index (κ3) is 13.1. The fourth-order valence-corrected chi connectivity index (χ4v) is 7.77. The lowest BCUT2D eigenvalue weighted by molar-refractivity contribution is -0.344. The summed E-state index contributed by atoms with van der Waals surface area (Å²) in [5.41, 5.74) is -1.49. The topological polar surface area (TPSA) is 206 Å². The molecule has 0 amide bonds. The summed E-state index contributed by atoms with van der Waals surface area (Å²) in [6.07, 6.45) is -4.23. The van der Waals surface area contributed by atoms with E-state index in [-0.39, 0.29) is 25.7 Å².